The number of nitrogens with one attached hydrogen (secondary N) is 3. The first-order valence-electron chi connectivity index (χ1n) is 10.7. The first-order valence-corrected chi connectivity index (χ1v) is 10.7. The Morgan fingerprint density at radius 2 is 2.00 bits per heavy atom. The lowest BCUT2D eigenvalue weighted by molar-refractivity contribution is -0.119. The lowest BCUT2D eigenvalue weighted by Gasteiger charge is -2.15. The number of ether oxygens (including phenoxy) is 1. The number of H-pyrrole nitrogens is 1. The standard InChI is InChI=1S/C24H21FN6O3/c1-14(32)26-11-20-13-31(24(33)34-20)19-6-7-21(22(25)10-19)17-3-2-16-9-18(5-4-15(16)8-17)28-23-12-27-30-29-23/h2-10,12,20H,11,13H2,1H3,(H,26,32)(H2,27,28,29,30)/t20-/m0/s1. The Morgan fingerprint density at radius 3 is 2.76 bits per heavy atom. The quantitative estimate of drug-likeness (QED) is 0.401. The van der Waals surface area contributed by atoms with Crippen molar-refractivity contribution >= 4 is 40.0 Å². The number of aromatic amines is 1. The Labute approximate surface area is 193 Å². The summed E-state index contributed by atoms with van der Waals surface area (Å²) in [5.74, 6) is 0.0318. The molecule has 3 aromatic carbocycles. The number of benzene rings is 3. The zero-order valence-electron chi connectivity index (χ0n) is 18.2. The van der Waals surface area contributed by atoms with E-state index < -0.39 is 18.0 Å². The van der Waals surface area contributed by atoms with Gasteiger partial charge in [0.1, 0.15) is 17.7 Å². The minimum Gasteiger partial charge on any atom is -0.442 e. The first-order chi connectivity index (χ1) is 16.5. The first kappa shape index (κ1) is 21.4. The maximum absolute atomic E-state index is 15.1. The van der Waals surface area contributed by atoms with Crippen LogP contribution in [0.2, 0.25) is 0 Å². The molecule has 172 valence electrons. The van der Waals surface area contributed by atoms with Crippen molar-refractivity contribution in [1.29, 1.82) is 0 Å². The van der Waals surface area contributed by atoms with Crippen LogP contribution in [0.3, 0.4) is 0 Å². The number of halogens is 1. The highest BCUT2D eigenvalue weighted by molar-refractivity contribution is 5.92. The third-order valence-corrected chi connectivity index (χ3v) is 5.56. The second-order valence-electron chi connectivity index (χ2n) is 7.99. The van der Waals surface area contributed by atoms with E-state index in [-0.39, 0.29) is 19.0 Å². The number of aromatic nitrogens is 3. The van der Waals surface area contributed by atoms with Gasteiger partial charge >= 0.3 is 6.09 Å². The lowest BCUT2D eigenvalue weighted by atomic mass is 10.00. The molecule has 1 saturated heterocycles. The van der Waals surface area contributed by atoms with Crippen LogP contribution in [-0.4, -0.2) is 46.6 Å². The van der Waals surface area contributed by atoms with Crippen molar-refractivity contribution in [2.24, 2.45) is 0 Å². The summed E-state index contributed by atoms with van der Waals surface area (Å²) in [5, 5.41) is 17.9. The van der Waals surface area contributed by atoms with Gasteiger partial charge in [0.05, 0.1) is 25.0 Å². The maximum atomic E-state index is 15.1. The average Bonchev–Trinajstić information content (AvgIpc) is 3.46. The summed E-state index contributed by atoms with van der Waals surface area (Å²) in [4.78, 5) is 24.7. The number of carbonyl (C=O) groups is 2. The fourth-order valence-electron chi connectivity index (χ4n) is 3.91. The Bertz CT molecular complexity index is 1370. The number of carbonyl (C=O) groups excluding carboxylic acids is 2. The van der Waals surface area contributed by atoms with Crippen molar-refractivity contribution < 1.29 is 18.7 Å². The van der Waals surface area contributed by atoms with E-state index in [1.54, 1.807) is 18.3 Å². The smallest absolute Gasteiger partial charge is 0.414 e. The van der Waals surface area contributed by atoms with Crippen LogP contribution in [0.15, 0.2) is 60.8 Å². The molecular weight excluding hydrogens is 439 g/mol. The zero-order valence-corrected chi connectivity index (χ0v) is 18.2. The topological polar surface area (TPSA) is 112 Å². The predicted molar refractivity (Wildman–Crippen MR) is 125 cm³/mol. The zero-order chi connectivity index (χ0) is 23.7. The van der Waals surface area contributed by atoms with Gasteiger partial charge in [-0.25, -0.2) is 14.3 Å². The Hall–Kier alpha value is -4.47. The third kappa shape index (κ3) is 4.38. The Morgan fingerprint density at radius 1 is 1.18 bits per heavy atom. The van der Waals surface area contributed by atoms with Gasteiger partial charge in [0.15, 0.2) is 0 Å². The van der Waals surface area contributed by atoms with Crippen LogP contribution in [0, 0.1) is 5.82 Å². The Kier molecular flexibility index (Phi) is 5.54. The van der Waals surface area contributed by atoms with Crippen LogP contribution in [0.5, 0.6) is 0 Å². The number of hydrogen-bond acceptors (Lipinski definition) is 6. The van der Waals surface area contributed by atoms with E-state index in [1.807, 2.05) is 36.4 Å². The molecule has 0 radical (unpaired) electrons. The molecule has 1 atom stereocenters. The van der Waals surface area contributed by atoms with Gasteiger partial charge in [-0.15, -0.1) is 5.10 Å². The van der Waals surface area contributed by atoms with Crippen molar-refractivity contribution in [2.75, 3.05) is 23.3 Å². The van der Waals surface area contributed by atoms with Crippen molar-refractivity contribution in [3.8, 4) is 11.1 Å². The van der Waals surface area contributed by atoms with Crippen molar-refractivity contribution in [2.45, 2.75) is 13.0 Å². The van der Waals surface area contributed by atoms with Crippen LogP contribution in [0.25, 0.3) is 21.9 Å². The highest BCUT2D eigenvalue weighted by Gasteiger charge is 2.32. The molecule has 0 aliphatic carbocycles. The van der Waals surface area contributed by atoms with Gasteiger partial charge in [-0.1, -0.05) is 23.4 Å². The normalized spacial score (nSPS) is 15.4. The molecule has 9 nitrogen and oxygen atoms in total. The monoisotopic (exact) mass is 460 g/mol. The summed E-state index contributed by atoms with van der Waals surface area (Å²) in [6.45, 7) is 1.84. The van der Waals surface area contributed by atoms with Crippen molar-refractivity contribution in [3.63, 3.8) is 0 Å². The van der Waals surface area contributed by atoms with Crippen LogP contribution in [0.4, 0.5) is 26.4 Å². The van der Waals surface area contributed by atoms with Gasteiger partial charge in [0.25, 0.3) is 0 Å². The fourth-order valence-corrected chi connectivity index (χ4v) is 3.91. The highest BCUT2D eigenvalue weighted by atomic mass is 19.1. The van der Waals surface area contributed by atoms with Gasteiger partial charge in [-0.2, -0.15) is 0 Å². The molecule has 1 fully saturated rings. The molecular formula is C24H21FN6O3. The fraction of sp³-hybridized carbons (Fsp3) is 0.167. The highest BCUT2D eigenvalue weighted by Crippen LogP contribution is 2.31. The number of amides is 2. The number of nitrogens with zero attached hydrogens (tertiary/aromatic N) is 3. The molecule has 4 aromatic rings. The van der Waals surface area contributed by atoms with Gasteiger partial charge in [-0.05, 0) is 52.7 Å². The second kappa shape index (κ2) is 8.81. The van der Waals surface area contributed by atoms with E-state index in [9.17, 15) is 9.59 Å². The second-order valence-corrected chi connectivity index (χ2v) is 7.99. The number of fused-ring (bicyclic) bond motifs is 1. The molecule has 0 bridgehead atoms. The summed E-state index contributed by atoms with van der Waals surface area (Å²) in [6, 6.07) is 16.2. The van der Waals surface area contributed by atoms with E-state index in [1.165, 1.54) is 17.9 Å². The molecule has 0 saturated carbocycles. The van der Waals surface area contributed by atoms with Gasteiger partial charge in [-0.3, -0.25) is 9.69 Å². The summed E-state index contributed by atoms with van der Waals surface area (Å²) >= 11 is 0. The maximum Gasteiger partial charge on any atom is 0.414 e. The van der Waals surface area contributed by atoms with E-state index in [0.29, 0.717) is 17.1 Å². The van der Waals surface area contributed by atoms with E-state index in [4.69, 9.17) is 4.74 Å². The molecule has 0 spiro atoms. The molecule has 34 heavy (non-hydrogen) atoms. The van der Waals surface area contributed by atoms with Gasteiger partial charge in [0.2, 0.25) is 5.91 Å². The average molecular weight is 460 g/mol. The molecule has 1 aliphatic rings. The summed E-state index contributed by atoms with van der Waals surface area (Å²) in [5.41, 5.74) is 2.43. The van der Waals surface area contributed by atoms with E-state index in [0.717, 1.165) is 22.0 Å². The molecule has 10 heteroatoms. The molecule has 1 aliphatic heterocycles. The van der Waals surface area contributed by atoms with Crippen LogP contribution in [0.1, 0.15) is 6.92 Å². The summed E-state index contributed by atoms with van der Waals surface area (Å²) in [7, 11) is 0. The predicted octanol–water partition coefficient (Wildman–Crippen LogP) is 3.97. The minimum atomic E-state index is -0.566. The Balaban J connectivity index is 1.35. The number of rotatable bonds is 6. The number of anilines is 3. The molecule has 3 N–H and O–H groups in total. The molecule has 2 heterocycles. The van der Waals surface area contributed by atoms with Crippen molar-refractivity contribution in [1.82, 2.24) is 20.7 Å². The molecule has 1 aromatic heterocycles. The molecule has 2 amide bonds. The molecule has 5 rings (SSSR count). The van der Waals surface area contributed by atoms with Crippen molar-refractivity contribution in [3.05, 3.63) is 66.6 Å². The SMILES string of the molecule is CC(=O)NC[C@H]1CN(c2ccc(-c3ccc4cc(Nc5cnn[nH]5)ccc4c3)c(F)c2)C(=O)O1. The van der Waals surface area contributed by atoms with E-state index >= 15 is 4.39 Å². The van der Waals surface area contributed by atoms with Crippen LogP contribution in [-0.2, 0) is 9.53 Å². The summed E-state index contributed by atoms with van der Waals surface area (Å²) in [6.07, 6.45) is 0.539. The molecule has 0 unspecified atom stereocenters. The number of hydrogen-bond donors (Lipinski definition) is 3. The van der Waals surface area contributed by atoms with Crippen LogP contribution >= 0.6 is 0 Å². The summed E-state index contributed by atoms with van der Waals surface area (Å²) < 4.78 is 20.3. The largest absolute Gasteiger partial charge is 0.442 e. The van der Waals surface area contributed by atoms with Crippen LogP contribution < -0.4 is 15.5 Å². The third-order valence-electron chi connectivity index (χ3n) is 5.56. The van der Waals surface area contributed by atoms with Gasteiger partial charge < -0.3 is 15.4 Å². The lowest BCUT2D eigenvalue weighted by Crippen LogP contribution is -2.33. The van der Waals surface area contributed by atoms with Gasteiger partial charge in [0, 0.05) is 18.2 Å². The minimum absolute atomic E-state index is 0.206. The number of cyclic esters (lactones) is 1. The van der Waals surface area contributed by atoms with E-state index in [2.05, 4.69) is 26.0 Å².